The van der Waals surface area contributed by atoms with Crippen molar-refractivity contribution in [3.63, 3.8) is 0 Å². The molecule has 0 aliphatic rings. The smallest absolute Gasteiger partial charge is 0.162 e. The average molecular weight is 262 g/mol. The number of carbonyl (C=O) groups excluding carboxylic acids is 1. The van der Waals surface area contributed by atoms with Crippen molar-refractivity contribution in [2.45, 2.75) is 65.4 Å². The van der Waals surface area contributed by atoms with Crippen LogP contribution in [0.15, 0.2) is 24.3 Å². The number of ether oxygens (including phenoxy) is 1. The summed E-state index contributed by atoms with van der Waals surface area (Å²) >= 11 is 0. The van der Waals surface area contributed by atoms with Crippen molar-refractivity contribution >= 4 is 5.78 Å². The molecule has 0 heterocycles. The topological polar surface area (TPSA) is 26.3 Å². The Bertz CT molecular complexity index is 385. The fraction of sp³-hybridized carbons (Fsp3) is 0.588. The maximum Gasteiger partial charge on any atom is 0.162 e. The van der Waals surface area contributed by atoms with Crippen LogP contribution in [-0.4, -0.2) is 11.9 Å². The molecular weight excluding hydrogens is 236 g/mol. The van der Waals surface area contributed by atoms with Crippen LogP contribution < -0.4 is 4.74 Å². The number of ketones is 1. The van der Waals surface area contributed by atoms with E-state index in [1.807, 2.05) is 31.2 Å². The zero-order valence-corrected chi connectivity index (χ0v) is 12.4. The van der Waals surface area contributed by atoms with Crippen molar-refractivity contribution in [3.05, 3.63) is 29.8 Å². The van der Waals surface area contributed by atoms with Crippen LogP contribution in [0.25, 0.3) is 0 Å². The molecule has 0 bridgehead atoms. The first kappa shape index (κ1) is 15.7. The largest absolute Gasteiger partial charge is 0.491 e. The standard InChI is InChI=1S/C17H26O2/c1-4-6-7-8-10-14(3)19-16-12-9-11-15(13-16)17(18)5-2/h9,11-14H,4-8,10H2,1-3H3. The highest BCUT2D eigenvalue weighted by Gasteiger charge is 2.07. The number of hydrogen-bond donors (Lipinski definition) is 0. The number of rotatable bonds is 9. The van der Waals surface area contributed by atoms with E-state index in [9.17, 15) is 4.79 Å². The van der Waals surface area contributed by atoms with Gasteiger partial charge in [0.15, 0.2) is 5.78 Å². The van der Waals surface area contributed by atoms with Gasteiger partial charge in [-0.1, -0.05) is 45.2 Å². The fourth-order valence-corrected chi connectivity index (χ4v) is 2.10. The van der Waals surface area contributed by atoms with Gasteiger partial charge in [-0.05, 0) is 31.9 Å². The van der Waals surface area contributed by atoms with Crippen LogP contribution in [0.3, 0.4) is 0 Å². The summed E-state index contributed by atoms with van der Waals surface area (Å²) in [6.45, 7) is 6.20. The molecule has 2 heteroatoms. The van der Waals surface area contributed by atoms with Gasteiger partial charge in [-0.3, -0.25) is 4.79 Å². The third-order valence-electron chi connectivity index (χ3n) is 3.28. The predicted octanol–water partition coefficient (Wildman–Crippen LogP) is 5.02. The molecule has 0 saturated heterocycles. The van der Waals surface area contributed by atoms with E-state index in [1.54, 1.807) is 0 Å². The summed E-state index contributed by atoms with van der Waals surface area (Å²) in [6, 6.07) is 7.52. The van der Waals surface area contributed by atoms with Gasteiger partial charge in [0.2, 0.25) is 0 Å². The lowest BCUT2D eigenvalue weighted by Gasteiger charge is -2.15. The summed E-state index contributed by atoms with van der Waals surface area (Å²) in [5.41, 5.74) is 0.748. The quantitative estimate of drug-likeness (QED) is 0.461. The summed E-state index contributed by atoms with van der Waals surface area (Å²) < 4.78 is 5.88. The molecule has 0 aliphatic carbocycles. The maximum atomic E-state index is 11.6. The average Bonchev–Trinajstić information content (AvgIpc) is 2.43. The van der Waals surface area contributed by atoms with Crippen molar-refractivity contribution in [3.8, 4) is 5.75 Å². The number of benzene rings is 1. The van der Waals surface area contributed by atoms with E-state index in [0.29, 0.717) is 6.42 Å². The van der Waals surface area contributed by atoms with Crippen LogP contribution in [0, 0.1) is 0 Å². The van der Waals surface area contributed by atoms with E-state index in [0.717, 1.165) is 17.7 Å². The van der Waals surface area contributed by atoms with Gasteiger partial charge in [0.05, 0.1) is 6.10 Å². The molecule has 0 fully saturated rings. The predicted molar refractivity (Wildman–Crippen MR) is 79.9 cm³/mol. The highest BCUT2D eigenvalue weighted by atomic mass is 16.5. The Balaban J connectivity index is 2.45. The van der Waals surface area contributed by atoms with Crippen LogP contribution >= 0.6 is 0 Å². The highest BCUT2D eigenvalue weighted by molar-refractivity contribution is 5.96. The number of Topliss-reactive ketones (excluding diaryl/α,β-unsaturated/α-hetero) is 1. The summed E-state index contributed by atoms with van der Waals surface area (Å²) in [4.78, 5) is 11.6. The monoisotopic (exact) mass is 262 g/mol. The summed E-state index contributed by atoms with van der Waals surface area (Å²) in [5.74, 6) is 0.975. The molecule has 106 valence electrons. The molecule has 0 N–H and O–H groups in total. The Morgan fingerprint density at radius 2 is 2.00 bits per heavy atom. The van der Waals surface area contributed by atoms with E-state index in [4.69, 9.17) is 4.74 Å². The molecule has 2 nitrogen and oxygen atoms in total. The van der Waals surface area contributed by atoms with Crippen molar-refractivity contribution in [2.75, 3.05) is 0 Å². The first-order valence-electron chi connectivity index (χ1n) is 7.47. The third kappa shape index (κ3) is 5.91. The summed E-state index contributed by atoms with van der Waals surface area (Å²) in [5, 5.41) is 0. The van der Waals surface area contributed by atoms with Gasteiger partial charge in [0.25, 0.3) is 0 Å². The third-order valence-corrected chi connectivity index (χ3v) is 3.28. The van der Waals surface area contributed by atoms with Crippen molar-refractivity contribution in [2.24, 2.45) is 0 Å². The van der Waals surface area contributed by atoms with Gasteiger partial charge >= 0.3 is 0 Å². The van der Waals surface area contributed by atoms with Gasteiger partial charge in [-0.2, -0.15) is 0 Å². The minimum Gasteiger partial charge on any atom is -0.491 e. The van der Waals surface area contributed by atoms with Gasteiger partial charge in [-0.25, -0.2) is 0 Å². The van der Waals surface area contributed by atoms with Gasteiger partial charge in [0, 0.05) is 12.0 Å². The Hall–Kier alpha value is -1.31. The molecule has 0 saturated carbocycles. The SMILES string of the molecule is CCCCCCC(C)Oc1cccc(C(=O)CC)c1. The maximum absolute atomic E-state index is 11.6. The van der Waals surface area contributed by atoms with Crippen LogP contribution in [0.2, 0.25) is 0 Å². The van der Waals surface area contributed by atoms with E-state index < -0.39 is 0 Å². The summed E-state index contributed by atoms with van der Waals surface area (Å²) in [6.07, 6.45) is 6.87. The van der Waals surface area contributed by atoms with E-state index in [2.05, 4.69) is 13.8 Å². The molecule has 1 aromatic carbocycles. The second-order valence-corrected chi connectivity index (χ2v) is 5.08. The fourth-order valence-electron chi connectivity index (χ4n) is 2.10. The molecule has 0 aromatic heterocycles. The van der Waals surface area contributed by atoms with E-state index in [1.165, 1.54) is 25.7 Å². The van der Waals surface area contributed by atoms with Gasteiger partial charge in [-0.15, -0.1) is 0 Å². The molecule has 0 radical (unpaired) electrons. The zero-order valence-electron chi connectivity index (χ0n) is 12.4. The highest BCUT2D eigenvalue weighted by Crippen LogP contribution is 2.18. The van der Waals surface area contributed by atoms with Crippen LogP contribution in [0.1, 0.15) is 69.7 Å². The first-order chi connectivity index (χ1) is 9.17. The Morgan fingerprint density at radius 1 is 1.21 bits per heavy atom. The zero-order chi connectivity index (χ0) is 14.1. The summed E-state index contributed by atoms with van der Waals surface area (Å²) in [7, 11) is 0. The Morgan fingerprint density at radius 3 is 2.68 bits per heavy atom. The molecule has 0 aliphatic heterocycles. The van der Waals surface area contributed by atoms with E-state index in [-0.39, 0.29) is 11.9 Å². The first-order valence-corrected chi connectivity index (χ1v) is 7.47. The van der Waals surface area contributed by atoms with Crippen molar-refractivity contribution in [1.29, 1.82) is 0 Å². The van der Waals surface area contributed by atoms with Gasteiger partial charge in [0.1, 0.15) is 5.75 Å². The molecule has 19 heavy (non-hydrogen) atoms. The van der Waals surface area contributed by atoms with Crippen LogP contribution in [0.5, 0.6) is 5.75 Å². The second kappa shape index (κ2) is 8.73. The van der Waals surface area contributed by atoms with Gasteiger partial charge < -0.3 is 4.74 Å². The number of carbonyl (C=O) groups is 1. The lowest BCUT2D eigenvalue weighted by molar-refractivity contribution is 0.0987. The molecule has 0 amide bonds. The molecular formula is C17H26O2. The number of hydrogen-bond acceptors (Lipinski definition) is 2. The molecule has 1 rings (SSSR count). The Labute approximate surface area is 117 Å². The molecule has 0 spiro atoms. The lowest BCUT2D eigenvalue weighted by Crippen LogP contribution is -2.11. The van der Waals surface area contributed by atoms with Crippen molar-refractivity contribution < 1.29 is 9.53 Å². The molecule has 1 aromatic rings. The van der Waals surface area contributed by atoms with Crippen LogP contribution in [0.4, 0.5) is 0 Å². The minimum absolute atomic E-state index is 0.168. The normalized spacial score (nSPS) is 12.2. The molecule has 1 atom stereocenters. The van der Waals surface area contributed by atoms with Crippen LogP contribution in [-0.2, 0) is 0 Å². The second-order valence-electron chi connectivity index (χ2n) is 5.08. The molecule has 1 unspecified atom stereocenters. The van der Waals surface area contributed by atoms with E-state index >= 15 is 0 Å². The Kier molecular flexibility index (Phi) is 7.24. The lowest BCUT2D eigenvalue weighted by atomic mass is 10.1. The minimum atomic E-state index is 0.168. The number of unbranched alkanes of at least 4 members (excludes halogenated alkanes) is 3. The van der Waals surface area contributed by atoms with Crippen molar-refractivity contribution in [1.82, 2.24) is 0 Å².